The van der Waals surface area contributed by atoms with E-state index in [1.165, 1.54) is 6.26 Å². The van der Waals surface area contributed by atoms with Crippen molar-refractivity contribution in [3.05, 3.63) is 40.7 Å². The average Bonchev–Trinajstić information content (AvgIpc) is 3.34. The molecule has 0 spiro atoms. The van der Waals surface area contributed by atoms with Crippen LogP contribution < -0.4 is 5.32 Å². The van der Waals surface area contributed by atoms with Gasteiger partial charge in [0.2, 0.25) is 0 Å². The van der Waals surface area contributed by atoms with Gasteiger partial charge in [-0.05, 0) is 31.0 Å². The van der Waals surface area contributed by atoms with Crippen molar-refractivity contribution in [1.82, 2.24) is 15.2 Å². The first-order valence-corrected chi connectivity index (χ1v) is 9.21. The number of rotatable bonds is 5. The Hall–Kier alpha value is -1.70. The van der Waals surface area contributed by atoms with E-state index in [-0.39, 0.29) is 12.0 Å². The third-order valence-corrected chi connectivity index (χ3v) is 5.71. The fourth-order valence-corrected chi connectivity index (χ4v) is 4.32. The van der Waals surface area contributed by atoms with Crippen LogP contribution in [0.4, 0.5) is 0 Å². The maximum absolute atomic E-state index is 12.0. The van der Waals surface area contributed by atoms with Crippen LogP contribution in [0.15, 0.2) is 34.4 Å². The summed E-state index contributed by atoms with van der Waals surface area (Å²) in [4.78, 5) is 18.9. The van der Waals surface area contributed by atoms with E-state index in [9.17, 15) is 4.79 Å². The molecule has 7 heteroatoms. The lowest BCUT2D eigenvalue weighted by atomic mass is 9.84. The molecule has 0 radical (unpaired) electrons. The Morgan fingerprint density at radius 3 is 3.25 bits per heavy atom. The minimum Gasteiger partial charge on any atom is -0.459 e. The highest BCUT2D eigenvalue weighted by molar-refractivity contribution is 7.09. The van der Waals surface area contributed by atoms with Crippen LogP contribution in [-0.4, -0.2) is 48.1 Å². The van der Waals surface area contributed by atoms with E-state index in [1.54, 1.807) is 23.5 Å². The number of hydrogen-bond acceptors (Lipinski definition) is 6. The number of likely N-dealkylation sites (tertiary alicyclic amines) is 1. The third-order valence-electron chi connectivity index (χ3n) is 4.94. The molecular weight excluding hydrogens is 326 g/mol. The van der Waals surface area contributed by atoms with Gasteiger partial charge >= 0.3 is 0 Å². The molecule has 0 saturated carbocycles. The molecule has 0 unspecified atom stereocenters. The number of hydrogen-bond donors (Lipinski definition) is 1. The number of ether oxygens (including phenoxy) is 1. The van der Waals surface area contributed by atoms with E-state index in [1.807, 2.05) is 11.6 Å². The first-order valence-electron chi connectivity index (χ1n) is 8.33. The van der Waals surface area contributed by atoms with E-state index in [4.69, 9.17) is 9.15 Å². The zero-order valence-electron chi connectivity index (χ0n) is 13.4. The lowest BCUT2D eigenvalue weighted by Gasteiger charge is -2.35. The van der Waals surface area contributed by atoms with Crippen molar-refractivity contribution >= 4 is 17.2 Å². The molecule has 2 saturated heterocycles. The second kappa shape index (κ2) is 7.04. The van der Waals surface area contributed by atoms with E-state index in [0.717, 1.165) is 37.7 Å². The topological polar surface area (TPSA) is 67.6 Å². The lowest BCUT2D eigenvalue weighted by molar-refractivity contribution is 0.0667. The van der Waals surface area contributed by atoms with Gasteiger partial charge in [0.1, 0.15) is 5.01 Å². The number of aromatic nitrogens is 1. The SMILES string of the molecule is O=C(NC[C@H]1OC[C@@H]2CCN(Cc3nccs3)C[C@@H]21)c1ccco1. The number of thiazole rings is 1. The molecule has 0 bridgehead atoms. The molecule has 2 fully saturated rings. The smallest absolute Gasteiger partial charge is 0.287 e. The zero-order chi connectivity index (χ0) is 16.4. The molecule has 3 atom stereocenters. The van der Waals surface area contributed by atoms with Crippen LogP contribution in [0.3, 0.4) is 0 Å². The summed E-state index contributed by atoms with van der Waals surface area (Å²) in [5.74, 6) is 1.24. The van der Waals surface area contributed by atoms with Crippen molar-refractivity contribution < 1.29 is 13.9 Å². The highest BCUT2D eigenvalue weighted by Gasteiger charge is 2.41. The van der Waals surface area contributed by atoms with Crippen LogP contribution in [-0.2, 0) is 11.3 Å². The van der Waals surface area contributed by atoms with E-state index >= 15 is 0 Å². The predicted molar refractivity (Wildman–Crippen MR) is 89.8 cm³/mol. The molecule has 0 aromatic carbocycles. The monoisotopic (exact) mass is 347 g/mol. The summed E-state index contributed by atoms with van der Waals surface area (Å²) in [6, 6.07) is 3.39. The van der Waals surface area contributed by atoms with Crippen molar-refractivity contribution in [2.75, 3.05) is 26.2 Å². The summed E-state index contributed by atoms with van der Waals surface area (Å²) in [6.07, 6.45) is 4.60. The molecule has 24 heavy (non-hydrogen) atoms. The van der Waals surface area contributed by atoms with Gasteiger partial charge in [0.15, 0.2) is 5.76 Å². The van der Waals surface area contributed by atoms with Gasteiger partial charge in [-0.2, -0.15) is 0 Å². The Morgan fingerprint density at radius 2 is 2.46 bits per heavy atom. The first kappa shape index (κ1) is 15.8. The Labute approximate surface area is 144 Å². The molecule has 0 aliphatic carbocycles. The Balaban J connectivity index is 1.32. The van der Waals surface area contributed by atoms with Crippen LogP contribution in [0.2, 0.25) is 0 Å². The van der Waals surface area contributed by atoms with Gasteiger partial charge < -0.3 is 14.5 Å². The molecule has 2 aromatic heterocycles. The van der Waals surface area contributed by atoms with Crippen LogP contribution in [0.1, 0.15) is 22.0 Å². The Morgan fingerprint density at radius 1 is 1.50 bits per heavy atom. The number of carbonyl (C=O) groups is 1. The average molecular weight is 347 g/mol. The van der Waals surface area contributed by atoms with Gasteiger partial charge in [0, 0.05) is 30.6 Å². The minimum absolute atomic E-state index is 0.0769. The molecule has 1 amide bonds. The molecule has 4 heterocycles. The summed E-state index contributed by atoms with van der Waals surface area (Å²) >= 11 is 1.70. The molecule has 1 N–H and O–H groups in total. The highest BCUT2D eigenvalue weighted by Crippen LogP contribution is 2.34. The van der Waals surface area contributed by atoms with E-state index in [0.29, 0.717) is 24.1 Å². The number of piperidine rings is 1. The van der Waals surface area contributed by atoms with Gasteiger partial charge in [0.25, 0.3) is 5.91 Å². The fourth-order valence-electron chi connectivity index (χ4n) is 3.66. The van der Waals surface area contributed by atoms with Crippen molar-refractivity contribution in [3.8, 4) is 0 Å². The van der Waals surface area contributed by atoms with Crippen molar-refractivity contribution in [1.29, 1.82) is 0 Å². The second-order valence-electron chi connectivity index (χ2n) is 6.43. The summed E-state index contributed by atoms with van der Waals surface area (Å²) in [5.41, 5.74) is 0. The molecular formula is C17H21N3O3S. The number of furan rings is 1. The first-order chi connectivity index (χ1) is 11.8. The minimum atomic E-state index is -0.178. The van der Waals surface area contributed by atoms with E-state index < -0.39 is 0 Å². The molecule has 2 aliphatic heterocycles. The normalized spacial score (nSPS) is 27.1. The van der Waals surface area contributed by atoms with Gasteiger partial charge in [-0.25, -0.2) is 4.98 Å². The molecule has 2 aromatic rings. The number of amides is 1. The van der Waals surface area contributed by atoms with Crippen LogP contribution in [0, 0.1) is 11.8 Å². The number of carbonyl (C=O) groups excluding carboxylic acids is 1. The summed E-state index contributed by atoms with van der Waals surface area (Å²) in [6.45, 7) is 4.34. The van der Waals surface area contributed by atoms with Crippen molar-refractivity contribution in [2.45, 2.75) is 19.1 Å². The summed E-state index contributed by atoms with van der Waals surface area (Å²) in [7, 11) is 0. The van der Waals surface area contributed by atoms with Crippen molar-refractivity contribution in [2.24, 2.45) is 11.8 Å². The number of nitrogens with zero attached hydrogens (tertiary/aromatic N) is 2. The van der Waals surface area contributed by atoms with E-state index in [2.05, 4.69) is 15.2 Å². The molecule has 6 nitrogen and oxygen atoms in total. The molecule has 4 rings (SSSR count). The molecule has 128 valence electrons. The van der Waals surface area contributed by atoms with Gasteiger partial charge in [0.05, 0.1) is 25.5 Å². The van der Waals surface area contributed by atoms with Gasteiger partial charge in [-0.1, -0.05) is 0 Å². The highest BCUT2D eigenvalue weighted by atomic mass is 32.1. The zero-order valence-corrected chi connectivity index (χ0v) is 14.2. The fraction of sp³-hybridized carbons (Fsp3) is 0.529. The Kier molecular flexibility index (Phi) is 4.64. The van der Waals surface area contributed by atoms with Gasteiger partial charge in [-0.3, -0.25) is 9.69 Å². The summed E-state index contributed by atoms with van der Waals surface area (Å²) in [5, 5.41) is 6.12. The number of nitrogens with one attached hydrogen (secondary N) is 1. The Bertz CT molecular complexity index is 659. The predicted octanol–water partition coefficient (Wildman–Crippen LogP) is 2.00. The largest absolute Gasteiger partial charge is 0.459 e. The quantitative estimate of drug-likeness (QED) is 0.896. The molecule has 2 aliphatic rings. The third kappa shape index (κ3) is 3.38. The van der Waals surface area contributed by atoms with Crippen molar-refractivity contribution in [3.63, 3.8) is 0 Å². The number of fused-ring (bicyclic) bond motifs is 1. The van der Waals surface area contributed by atoms with Crippen LogP contribution >= 0.6 is 11.3 Å². The standard InChI is InChI=1S/C17H21N3O3S/c21-17(14-2-1-6-22-14)19-8-15-13-9-20(5-3-12(13)11-23-15)10-16-18-4-7-24-16/h1-2,4,6-7,12-13,15H,3,5,8-11H2,(H,19,21)/t12-,13-,15+/m0/s1. The lowest BCUT2D eigenvalue weighted by Crippen LogP contribution is -2.45. The summed E-state index contributed by atoms with van der Waals surface area (Å²) < 4.78 is 11.1. The maximum atomic E-state index is 12.0. The maximum Gasteiger partial charge on any atom is 0.287 e. The van der Waals surface area contributed by atoms with Gasteiger partial charge in [-0.15, -0.1) is 11.3 Å². The second-order valence-corrected chi connectivity index (χ2v) is 7.41. The van der Waals surface area contributed by atoms with Crippen LogP contribution in [0.25, 0.3) is 0 Å². The van der Waals surface area contributed by atoms with Crippen LogP contribution in [0.5, 0.6) is 0 Å².